The van der Waals surface area contributed by atoms with Crippen LogP contribution in [0.3, 0.4) is 0 Å². The average molecular weight is 247 g/mol. The standard InChI is InChI=1S/C12H17N5O/c1-8-14-9(2)17(15-8)7-12-5-11(16-18-12)6-13-10-3-4-10/h5,10,13H,3-4,6-7H2,1-2H3. The number of aromatic nitrogens is 4. The molecule has 0 unspecified atom stereocenters. The van der Waals surface area contributed by atoms with Gasteiger partial charge in [-0.2, -0.15) is 5.10 Å². The topological polar surface area (TPSA) is 68.8 Å². The molecule has 3 rings (SSSR count). The molecule has 0 bridgehead atoms. The van der Waals surface area contributed by atoms with E-state index < -0.39 is 0 Å². The summed E-state index contributed by atoms with van der Waals surface area (Å²) in [5.74, 6) is 2.49. The smallest absolute Gasteiger partial charge is 0.158 e. The van der Waals surface area contributed by atoms with Crippen molar-refractivity contribution in [3.63, 3.8) is 0 Å². The summed E-state index contributed by atoms with van der Waals surface area (Å²) in [5.41, 5.74) is 0.950. The Kier molecular flexibility index (Phi) is 2.87. The minimum Gasteiger partial charge on any atom is -0.359 e. The second-order valence-corrected chi connectivity index (χ2v) is 4.80. The number of nitrogens with one attached hydrogen (secondary N) is 1. The molecule has 1 aliphatic carbocycles. The van der Waals surface area contributed by atoms with Gasteiger partial charge in [0.05, 0.1) is 5.69 Å². The molecule has 2 aromatic rings. The molecule has 1 N–H and O–H groups in total. The van der Waals surface area contributed by atoms with E-state index in [4.69, 9.17) is 4.52 Å². The van der Waals surface area contributed by atoms with E-state index >= 15 is 0 Å². The molecule has 0 saturated heterocycles. The van der Waals surface area contributed by atoms with Crippen molar-refractivity contribution in [1.82, 2.24) is 25.2 Å². The maximum Gasteiger partial charge on any atom is 0.158 e. The largest absolute Gasteiger partial charge is 0.359 e. The molecular formula is C12H17N5O. The van der Waals surface area contributed by atoms with Crippen molar-refractivity contribution >= 4 is 0 Å². The molecule has 0 aromatic carbocycles. The molecule has 2 heterocycles. The zero-order valence-electron chi connectivity index (χ0n) is 10.7. The van der Waals surface area contributed by atoms with Crippen LogP contribution < -0.4 is 5.32 Å². The Hall–Kier alpha value is -1.69. The van der Waals surface area contributed by atoms with Crippen LogP contribution in [0.4, 0.5) is 0 Å². The van der Waals surface area contributed by atoms with Crippen LogP contribution in [-0.4, -0.2) is 26.0 Å². The first-order chi connectivity index (χ1) is 8.70. The highest BCUT2D eigenvalue weighted by Gasteiger charge is 2.20. The van der Waals surface area contributed by atoms with E-state index in [9.17, 15) is 0 Å². The fourth-order valence-electron chi connectivity index (χ4n) is 1.91. The van der Waals surface area contributed by atoms with Gasteiger partial charge in [-0.15, -0.1) is 0 Å². The van der Waals surface area contributed by atoms with Crippen LogP contribution >= 0.6 is 0 Å². The monoisotopic (exact) mass is 247 g/mol. The van der Waals surface area contributed by atoms with Gasteiger partial charge in [0.25, 0.3) is 0 Å². The van der Waals surface area contributed by atoms with Crippen molar-refractivity contribution in [2.75, 3.05) is 0 Å². The van der Waals surface area contributed by atoms with Crippen LogP contribution in [0, 0.1) is 13.8 Å². The Morgan fingerprint density at radius 3 is 2.94 bits per heavy atom. The number of nitrogens with zero attached hydrogens (tertiary/aromatic N) is 4. The normalized spacial score (nSPS) is 15.2. The highest BCUT2D eigenvalue weighted by atomic mass is 16.5. The van der Waals surface area contributed by atoms with Gasteiger partial charge in [0, 0.05) is 18.7 Å². The minimum atomic E-state index is 0.586. The summed E-state index contributed by atoms with van der Waals surface area (Å²) in [6, 6.07) is 2.66. The van der Waals surface area contributed by atoms with Gasteiger partial charge in [-0.1, -0.05) is 5.16 Å². The third-order valence-corrected chi connectivity index (χ3v) is 3.03. The van der Waals surface area contributed by atoms with Gasteiger partial charge in [-0.25, -0.2) is 9.67 Å². The summed E-state index contributed by atoms with van der Waals surface area (Å²) < 4.78 is 7.13. The van der Waals surface area contributed by atoms with E-state index in [1.54, 1.807) is 0 Å². The molecule has 2 aromatic heterocycles. The van der Waals surface area contributed by atoms with Crippen LogP contribution in [0.1, 0.15) is 35.9 Å². The van der Waals surface area contributed by atoms with Crippen molar-refractivity contribution in [2.45, 2.75) is 45.8 Å². The highest BCUT2D eigenvalue weighted by molar-refractivity contribution is 5.06. The van der Waals surface area contributed by atoms with Crippen molar-refractivity contribution < 1.29 is 4.52 Å². The minimum absolute atomic E-state index is 0.586. The van der Waals surface area contributed by atoms with Crippen molar-refractivity contribution in [2.24, 2.45) is 0 Å². The van der Waals surface area contributed by atoms with Gasteiger partial charge >= 0.3 is 0 Å². The third-order valence-electron chi connectivity index (χ3n) is 3.03. The second-order valence-electron chi connectivity index (χ2n) is 4.80. The van der Waals surface area contributed by atoms with Gasteiger partial charge in [0.1, 0.15) is 18.2 Å². The molecule has 96 valence electrons. The van der Waals surface area contributed by atoms with Crippen LogP contribution in [-0.2, 0) is 13.1 Å². The van der Waals surface area contributed by atoms with E-state index in [1.807, 2.05) is 24.6 Å². The fourth-order valence-corrected chi connectivity index (χ4v) is 1.91. The van der Waals surface area contributed by atoms with Gasteiger partial charge in [-0.3, -0.25) is 0 Å². The van der Waals surface area contributed by atoms with E-state index in [0.29, 0.717) is 12.6 Å². The highest BCUT2D eigenvalue weighted by Crippen LogP contribution is 2.19. The zero-order valence-corrected chi connectivity index (χ0v) is 10.7. The van der Waals surface area contributed by atoms with Gasteiger partial charge in [-0.05, 0) is 26.7 Å². The average Bonchev–Trinajstić information content (AvgIpc) is 2.97. The predicted molar refractivity (Wildman–Crippen MR) is 65.0 cm³/mol. The number of hydrogen-bond donors (Lipinski definition) is 1. The predicted octanol–water partition coefficient (Wildman–Crippen LogP) is 1.18. The molecule has 0 radical (unpaired) electrons. The van der Waals surface area contributed by atoms with Crippen LogP contribution in [0.15, 0.2) is 10.6 Å². The SMILES string of the molecule is Cc1nc(C)n(Cc2cc(CNC3CC3)no2)n1. The van der Waals surface area contributed by atoms with Crippen LogP contribution in [0.25, 0.3) is 0 Å². The third kappa shape index (κ3) is 2.59. The molecule has 6 heteroatoms. The maximum atomic E-state index is 5.31. The van der Waals surface area contributed by atoms with E-state index in [-0.39, 0.29) is 0 Å². The summed E-state index contributed by atoms with van der Waals surface area (Å²) in [6.45, 7) is 5.19. The summed E-state index contributed by atoms with van der Waals surface area (Å²) in [7, 11) is 0. The molecule has 0 amide bonds. The quantitative estimate of drug-likeness (QED) is 0.859. The summed E-state index contributed by atoms with van der Waals surface area (Å²) >= 11 is 0. The fraction of sp³-hybridized carbons (Fsp3) is 0.583. The molecule has 0 spiro atoms. The molecular weight excluding hydrogens is 230 g/mol. The number of rotatable bonds is 5. The molecule has 1 fully saturated rings. The second kappa shape index (κ2) is 4.53. The van der Waals surface area contributed by atoms with Crippen molar-refractivity contribution in [3.05, 3.63) is 29.2 Å². The molecule has 1 saturated carbocycles. The molecule has 1 aliphatic rings. The Morgan fingerprint density at radius 2 is 2.28 bits per heavy atom. The van der Waals surface area contributed by atoms with Crippen molar-refractivity contribution in [3.8, 4) is 0 Å². The Balaban J connectivity index is 1.63. The number of aryl methyl sites for hydroxylation is 2. The summed E-state index contributed by atoms with van der Waals surface area (Å²) in [4.78, 5) is 4.26. The van der Waals surface area contributed by atoms with Gasteiger partial charge in [0.15, 0.2) is 5.76 Å². The Morgan fingerprint density at radius 1 is 1.44 bits per heavy atom. The summed E-state index contributed by atoms with van der Waals surface area (Å²) in [6.07, 6.45) is 2.56. The van der Waals surface area contributed by atoms with Gasteiger partial charge in [0.2, 0.25) is 0 Å². The van der Waals surface area contributed by atoms with Crippen LogP contribution in [0.2, 0.25) is 0 Å². The number of hydrogen-bond acceptors (Lipinski definition) is 5. The Bertz CT molecular complexity index is 540. The van der Waals surface area contributed by atoms with Crippen LogP contribution in [0.5, 0.6) is 0 Å². The maximum absolute atomic E-state index is 5.31. The summed E-state index contributed by atoms with van der Waals surface area (Å²) in [5, 5.41) is 11.8. The van der Waals surface area contributed by atoms with E-state index in [0.717, 1.165) is 29.6 Å². The lowest BCUT2D eigenvalue weighted by molar-refractivity contribution is 0.363. The van der Waals surface area contributed by atoms with E-state index in [1.165, 1.54) is 12.8 Å². The first-order valence-electron chi connectivity index (χ1n) is 6.26. The zero-order chi connectivity index (χ0) is 12.5. The van der Waals surface area contributed by atoms with E-state index in [2.05, 4.69) is 20.6 Å². The molecule has 6 nitrogen and oxygen atoms in total. The van der Waals surface area contributed by atoms with Gasteiger partial charge < -0.3 is 9.84 Å². The van der Waals surface area contributed by atoms with Crippen molar-refractivity contribution in [1.29, 1.82) is 0 Å². The molecule has 0 aliphatic heterocycles. The first-order valence-corrected chi connectivity index (χ1v) is 6.26. The first kappa shape index (κ1) is 11.4. The lowest BCUT2D eigenvalue weighted by Crippen LogP contribution is -2.15. The lowest BCUT2D eigenvalue weighted by Gasteiger charge is -1.97. The Labute approximate surface area is 105 Å². The molecule has 0 atom stereocenters. The molecule has 18 heavy (non-hydrogen) atoms. The lowest BCUT2D eigenvalue weighted by atomic mass is 10.3.